The van der Waals surface area contributed by atoms with E-state index in [0.29, 0.717) is 21.6 Å². The minimum absolute atomic E-state index is 0.265. The number of carbonyl (C=O) groups is 2. The molecule has 6 heteroatoms. The number of benzene rings is 3. The Balaban J connectivity index is 1.70. The zero-order valence-electron chi connectivity index (χ0n) is 16.6. The van der Waals surface area contributed by atoms with Crippen LogP contribution in [0.15, 0.2) is 72.8 Å². The molecule has 0 bridgehead atoms. The molecule has 0 saturated carbocycles. The Morgan fingerprint density at radius 2 is 1.71 bits per heavy atom. The first-order valence-corrected chi connectivity index (χ1v) is 9.93. The molecule has 0 amide bonds. The highest BCUT2D eigenvalue weighted by Crippen LogP contribution is 2.30. The van der Waals surface area contributed by atoms with Gasteiger partial charge in [0, 0.05) is 21.5 Å². The molecule has 1 heterocycles. The van der Waals surface area contributed by atoms with Crippen molar-refractivity contribution in [2.75, 3.05) is 6.61 Å². The van der Waals surface area contributed by atoms with Gasteiger partial charge in [0.2, 0.25) is 0 Å². The molecule has 3 aromatic carbocycles. The average Bonchev–Trinajstić information content (AvgIpc) is 2.80. The second kappa shape index (κ2) is 8.66. The average molecular weight is 434 g/mol. The van der Waals surface area contributed by atoms with Gasteiger partial charge in [-0.2, -0.15) is 0 Å². The van der Waals surface area contributed by atoms with Crippen LogP contribution < -0.4 is 0 Å². The lowest BCUT2D eigenvalue weighted by atomic mass is 10.0. The van der Waals surface area contributed by atoms with Gasteiger partial charge in [-0.15, -0.1) is 0 Å². The summed E-state index contributed by atoms with van der Waals surface area (Å²) < 4.78 is 18.4. The summed E-state index contributed by atoms with van der Waals surface area (Å²) in [5, 5.41) is 1.12. The molecule has 31 heavy (non-hydrogen) atoms. The van der Waals surface area contributed by atoms with Gasteiger partial charge in [0.05, 0.1) is 16.8 Å². The van der Waals surface area contributed by atoms with E-state index < -0.39 is 24.2 Å². The van der Waals surface area contributed by atoms with Gasteiger partial charge in [-0.05, 0) is 48.9 Å². The van der Waals surface area contributed by atoms with Gasteiger partial charge in [0.15, 0.2) is 12.4 Å². The summed E-state index contributed by atoms with van der Waals surface area (Å²) >= 11 is 6.27. The SMILES string of the molecule is Cc1c(Cl)ccc2c(C(=O)OCC(=O)c3ccc(F)cc3)cc(-c3ccccc3)nc12. The van der Waals surface area contributed by atoms with E-state index in [0.717, 1.165) is 11.1 Å². The number of fused-ring (bicyclic) bond motifs is 1. The van der Waals surface area contributed by atoms with Crippen LogP contribution in [0.3, 0.4) is 0 Å². The van der Waals surface area contributed by atoms with E-state index in [1.807, 2.05) is 37.3 Å². The van der Waals surface area contributed by atoms with Gasteiger partial charge >= 0.3 is 5.97 Å². The molecule has 0 spiro atoms. The first-order valence-electron chi connectivity index (χ1n) is 9.55. The Hall–Kier alpha value is -3.57. The highest BCUT2D eigenvalue weighted by molar-refractivity contribution is 6.32. The number of ether oxygens (including phenoxy) is 1. The van der Waals surface area contributed by atoms with Crippen LogP contribution in [0.25, 0.3) is 22.2 Å². The van der Waals surface area contributed by atoms with Crippen molar-refractivity contribution in [2.24, 2.45) is 0 Å². The molecular weight excluding hydrogens is 417 g/mol. The van der Waals surface area contributed by atoms with Crippen molar-refractivity contribution < 1.29 is 18.7 Å². The van der Waals surface area contributed by atoms with Crippen LogP contribution in [0.1, 0.15) is 26.3 Å². The summed E-state index contributed by atoms with van der Waals surface area (Å²) in [6.45, 7) is 1.38. The third kappa shape index (κ3) is 4.32. The third-order valence-corrected chi connectivity index (χ3v) is 5.37. The summed E-state index contributed by atoms with van der Waals surface area (Å²) in [5.41, 5.74) is 3.31. The van der Waals surface area contributed by atoms with E-state index in [1.54, 1.807) is 18.2 Å². The first kappa shape index (κ1) is 20.7. The summed E-state index contributed by atoms with van der Waals surface area (Å²) in [7, 11) is 0. The Morgan fingerprint density at radius 3 is 2.42 bits per heavy atom. The number of Topliss-reactive ketones (excluding diaryl/α,β-unsaturated/α-hetero) is 1. The number of pyridine rings is 1. The van der Waals surface area contributed by atoms with Crippen molar-refractivity contribution in [3.8, 4) is 11.3 Å². The van der Waals surface area contributed by atoms with Gasteiger partial charge in [0.25, 0.3) is 0 Å². The number of rotatable bonds is 5. The molecule has 0 atom stereocenters. The third-order valence-electron chi connectivity index (χ3n) is 4.96. The molecular formula is C25H17ClFNO3. The molecule has 0 saturated heterocycles. The molecule has 4 rings (SSSR count). The fourth-order valence-corrected chi connectivity index (χ4v) is 3.41. The smallest absolute Gasteiger partial charge is 0.339 e. The molecule has 4 aromatic rings. The van der Waals surface area contributed by atoms with Gasteiger partial charge < -0.3 is 4.74 Å². The number of aryl methyl sites for hydroxylation is 1. The highest BCUT2D eigenvalue weighted by Gasteiger charge is 2.19. The monoisotopic (exact) mass is 433 g/mol. The van der Waals surface area contributed by atoms with Crippen molar-refractivity contribution in [3.63, 3.8) is 0 Å². The molecule has 0 aliphatic heterocycles. The Bertz CT molecular complexity index is 1290. The number of ketones is 1. The molecule has 4 nitrogen and oxygen atoms in total. The molecule has 1 aromatic heterocycles. The van der Waals surface area contributed by atoms with Crippen LogP contribution >= 0.6 is 11.6 Å². The van der Waals surface area contributed by atoms with Crippen molar-refractivity contribution >= 4 is 34.3 Å². The predicted molar refractivity (Wildman–Crippen MR) is 118 cm³/mol. The van der Waals surface area contributed by atoms with E-state index in [2.05, 4.69) is 0 Å². The Kier molecular flexibility index (Phi) is 5.78. The van der Waals surface area contributed by atoms with Gasteiger partial charge in [-0.25, -0.2) is 14.2 Å². The minimum atomic E-state index is -0.651. The van der Waals surface area contributed by atoms with Crippen molar-refractivity contribution in [2.45, 2.75) is 6.92 Å². The second-order valence-corrected chi connectivity index (χ2v) is 7.40. The lowest BCUT2D eigenvalue weighted by molar-refractivity contribution is 0.0476. The number of esters is 1. The zero-order valence-corrected chi connectivity index (χ0v) is 17.3. The molecule has 0 radical (unpaired) electrons. The van der Waals surface area contributed by atoms with Gasteiger partial charge in [-0.1, -0.05) is 48.0 Å². The molecule has 0 aliphatic rings. The number of carbonyl (C=O) groups excluding carboxylic acids is 2. The fraction of sp³-hybridized carbons (Fsp3) is 0.0800. The predicted octanol–water partition coefficient (Wildman–Crippen LogP) is 6.04. The van der Waals surface area contributed by atoms with E-state index >= 15 is 0 Å². The number of halogens is 2. The summed E-state index contributed by atoms with van der Waals surface area (Å²) in [6, 6.07) is 19.6. The normalized spacial score (nSPS) is 10.8. The van der Waals surface area contributed by atoms with Crippen LogP contribution in [0, 0.1) is 12.7 Å². The van der Waals surface area contributed by atoms with Gasteiger partial charge in [0.1, 0.15) is 5.82 Å². The molecule has 154 valence electrons. The number of nitrogens with zero attached hydrogens (tertiary/aromatic N) is 1. The van der Waals surface area contributed by atoms with Crippen LogP contribution in [0.4, 0.5) is 4.39 Å². The van der Waals surface area contributed by atoms with E-state index in [-0.39, 0.29) is 11.1 Å². The number of aromatic nitrogens is 1. The van der Waals surface area contributed by atoms with Crippen molar-refractivity contribution in [1.82, 2.24) is 4.98 Å². The topological polar surface area (TPSA) is 56.3 Å². The first-order chi connectivity index (χ1) is 14.9. The summed E-state index contributed by atoms with van der Waals surface area (Å²) in [6.07, 6.45) is 0. The number of hydrogen-bond acceptors (Lipinski definition) is 4. The van der Waals surface area contributed by atoms with E-state index in [9.17, 15) is 14.0 Å². The maximum atomic E-state index is 13.1. The largest absolute Gasteiger partial charge is 0.454 e. The van der Waals surface area contributed by atoms with Crippen LogP contribution in [-0.4, -0.2) is 23.3 Å². The van der Waals surface area contributed by atoms with Gasteiger partial charge in [-0.3, -0.25) is 4.79 Å². The zero-order chi connectivity index (χ0) is 22.0. The molecule has 0 N–H and O–H groups in total. The lowest BCUT2D eigenvalue weighted by Gasteiger charge is -2.12. The van der Waals surface area contributed by atoms with Crippen molar-refractivity contribution in [1.29, 1.82) is 0 Å². The molecule has 0 fully saturated rings. The second-order valence-electron chi connectivity index (χ2n) is 7.00. The van der Waals surface area contributed by atoms with E-state index in [1.165, 1.54) is 24.3 Å². The van der Waals surface area contributed by atoms with Crippen molar-refractivity contribution in [3.05, 3.63) is 100 Å². The standard InChI is InChI=1S/C25H17ClFNO3/c1-15-21(26)12-11-19-20(13-22(28-24(15)19)16-5-3-2-4-6-16)25(30)31-14-23(29)17-7-9-18(27)10-8-17/h2-13H,14H2,1H3. The maximum Gasteiger partial charge on any atom is 0.339 e. The minimum Gasteiger partial charge on any atom is -0.454 e. The molecule has 0 aliphatic carbocycles. The number of hydrogen-bond donors (Lipinski definition) is 0. The summed E-state index contributed by atoms with van der Waals surface area (Å²) in [5.74, 6) is -1.52. The fourth-order valence-electron chi connectivity index (χ4n) is 3.26. The maximum absolute atomic E-state index is 13.1. The highest BCUT2D eigenvalue weighted by atomic mass is 35.5. The Labute approximate surface area is 183 Å². The molecule has 0 unspecified atom stereocenters. The van der Waals surface area contributed by atoms with Crippen LogP contribution in [0.2, 0.25) is 5.02 Å². The summed E-state index contributed by atoms with van der Waals surface area (Å²) in [4.78, 5) is 30.0. The van der Waals surface area contributed by atoms with E-state index in [4.69, 9.17) is 21.3 Å². The Morgan fingerprint density at radius 1 is 1.00 bits per heavy atom. The lowest BCUT2D eigenvalue weighted by Crippen LogP contribution is -2.15. The quantitative estimate of drug-likeness (QED) is 0.284. The van der Waals surface area contributed by atoms with Crippen LogP contribution in [0.5, 0.6) is 0 Å². The van der Waals surface area contributed by atoms with Crippen LogP contribution in [-0.2, 0) is 4.74 Å².